The molecule has 1 unspecified atom stereocenters. The summed E-state index contributed by atoms with van der Waals surface area (Å²) in [5.41, 5.74) is 5.01. The Labute approximate surface area is 269 Å². The molecule has 6 rings (SSSR count). The maximum atomic E-state index is 15.0. The normalized spacial score (nSPS) is 18.8. The van der Waals surface area contributed by atoms with Crippen LogP contribution >= 0.6 is 0 Å². The van der Waals surface area contributed by atoms with Crippen molar-refractivity contribution in [2.45, 2.75) is 49.9 Å². The Balaban J connectivity index is 1.27. The number of halogens is 7. The zero-order valence-corrected chi connectivity index (χ0v) is 25.2. The number of piperidine rings is 1. The van der Waals surface area contributed by atoms with Gasteiger partial charge in [-0.05, 0) is 24.3 Å². The summed E-state index contributed by atoms with van der Waals surface area (Å²) in [5, 5.41) is 11.7. The number of furan rings is 1. The van der Waals surface area contributed by atoms with E-state index in [0.29, 0.717) is 37.2 Å². The highest BCUT2D eigenvalue weighted by molar-refractivity contribution is 5.45. The van der Waals surface area contributed by atoms with Gasteiger partial charge in [0.25, 0.3) is 5.69 Å². The molecule has 0 aliphatic carbocycles. The molecule has 0 saturated carbocycles. The van der Waals surface area contributed by atoms with Gasteiger partial charge in [-0.15, -0.1) is 0 Å². The number of rotatable bonds is 8. The van der Waals surface area contributed by atoms with Crippen molar-refractivity contribution in [2.75, 3.05) is 26.3 Å². The van der Waals surface area contributed by atoms with Crippen LogP contribution in [0.3, 0.4) is 0 Å². The largest absolute Gasteiger partial charge is 0.488 e. The van der Waals surface area contributed by atoms with Crippen LogP contribution in [0, 0.1) is 15.9 Å². The van der Waals surface area contributed by atoms with E-state index in [0.717, 1.165) is 24.3 Å². The van der Waals surface area contributed by atoms with E-state index in [2.05, 4.69) is 0 Å². The SMILES string of the molecule is NC(CN1C=C2C(=COC23CCN(Cc2ccc(C(F)(F)F)o2)CC3)N(Cc2c(F)cccc2C(F)(F)F)C1)c1ccccc1[N+](=O)[O-]. The molecular formula is C32H30F7N5O4. The third-order valence-corrected chi connectivity index (χ3v) is 8.89. The van der Waals surface area contributed by atoms with Gasteiger partial charge in [0.05, 0.1) is 35.4 Å². The van der Waals surface area contributed by atoms with Crippen molar-refractivity contribution in [2.24, 2.45) is 5.73 Å². The van der Waals surface area contributed by atoms with Gasteiger partial charge in [0.15, 0.2) is 0 Å². The van der Waals surface area contributed by atoms with Crippen LogP contribution in [0.25, 0.3) is 0 Å². The summed E-state index contributed by atoms with van der Waals surface area (Å²) in [6, 6.07) is 10.0. The summed E-state index contributed by atoms with van der Waals surface area (Å²) in [7, 11) is 0. The topological polar surface area (TPSA) is 101 Å². The van der Waals surface area contributed by atoms with Crippen LogP contribution in [0.1, 0.15) is 47.1 Å². The van der Waals surface area contributed by atoms with E-state index in [9.17, 15) is 40.8 Å². The quantitative estimate of drug-likeness (QED) is 0.155. The molecule has 0 radical (unpaired) electrons. The summed E-state index contributed by atoms with van der Waals surface area (Å²) < 4.78 is 107. The summed E-state index contributed by atoms with van der Waals surface area (Å²) >= 11 is 0. The molecule has 0 bridgehead atoms. The van der Waals surface area contributed by atoms with E-state index in [1.54, 1.807) is 22.1 Å². The molecule has 0 amide bonds. The first-order chi connectivity index (χ1) is 22.6. The number of nitro benzene ring substituents is 1. The van der Waals surface area contributed by atoms with Gasteiger partial charge in [-0.2, -0.15) is 26.3 Å². The molecule has 3 aliphatic rings. The first-order valence-corrected chi connectivity index (χ1v) is 15.0. The summed E-state index contributed by atoms with van der Waals surface area (Å²) in [4.78, 5) is 16.3. The summed E-state index contributed by atoms with van der Waals surface area (Å²) in [6.07, 6.45) is -5.46. The van der Waals surface area contributed by atoms with Crippen molar-refractivity contribution in [3.8, 4) is 0 Å². The van der Waals surface area contributed by atoms with Crippen molar-refractivity contribution in [1.29, 1.82) is 0 Å². The minimum absolute atomic E-state index is 0.0269. The van der Waals surface area contributed by atoms with Crippen LogP contribution in [-0.2, 0) is 30.2 Å². The van der Waals surface area contributed by atoms with Crippen LogP contribution < -0.4 is 5.73 Å². The number of alkyl halides is 6. The average molecular weight is 682 g/mol. The van der Waals surface area contributed by atoms with E-state index in [4.69, 9.17) is 14.9 Å². The Morgan fingerprint density at radius 1 is 0.958 bits per heavy atom. The second kappa shape index (κ2) is 12.5. The highest BCUT2D eigenvalue weighted by atomic mass is 19.4. The van der Waals surface area contributed by atoms with Gasteiger partial charge in [0, 0.05) is 68.0 Å². The molecule has 2 N–H and O–H groups in total. The molecule has 1 saturated heterocycles. The summed E-state index contributed by atoms with van der Waals surface area (Å²) in [5.74, 6) is -1.97. The predicted octanol–water partition coefficient (Wildman–Crippen LogP) is 6.93. The highest BCUT2D eigenvalue weighted by Gasteiger charge is 2.48. The molecule has 3 aliphatic heterocycles. The average Bonchev–Trinajstić information content (AvgIpc) is 3.64. The number of fused-ring (bicyclic) bond motifs is 2. The van der Waals surface area contributed by atoms with Gasteiger partial charge in [-0.1, -0.05) is 24.3 Å². The Morgan fingerprint density at radius 3 is 2.35 bits per heavy atom. The lowest BCUT2D eigenvalue weighted by atomic mass is 9.83. The van der Waals surface area contributed by atoms with Crippen LogP contribution in [0.4, 0.5) is 36.4 Å². The molecular weight excluding hydrogens is 651 g/mol. The fraction of sp³-hybridized carbons (Fsp3) is 0.375. The number of nitrogens with two attached hydrogens (primary N) is 1. The third-order valence-electron chi connectivity index (χ3n) is 8.89. The van der Waals surface area contributed by atoms with E-state index < -0.39 is 58.2 Å². The maximum absolute atomic E-state index is 15.0. The molecule has 3 aromatic rings. The number of para-hydroxylation sites is 1. The van der Waals surface area contributed by atoms with Crippen molar-refractivity contribution in [3.63, 3.8) is 0 Å². The molecule has 1 fully saturated rings. The zero-order valence-electron chi connectivity index (χ0n) is 25.2. The number of ether oxygens (including phenoxy) is 1. The van der Waals surface area contributed by atoms with Crippen LogP contribution in [0.2, 0.25) is 0 Å². The van der Waals surface area contributed by atoms with Crippen molar-refractivity contribution in [3.05, 3.63) is 122 Å². The van der Waals surface area contributed by atoms with Crippen molar-refractivity contribution in [1.82, 2.24) is 14.7 Å². The number of benzene rings is 2. The fourth-order valence-corrected chi connectivity index (χ4v) is 6.51. The van der Waals surface area contributed by atoms with Gasteiger partial charge in [-0.25, -0.2) is 4.39 Å². The van der Waals surface area contributed by atoms with Gasteiger partial charge < -0.3 is 24.7 Å². The Bertz CT molecular complexity index is 1740. The van der Waals surface area contributed by atoms with Gasteiger partial charge in [0.1, 0.15) is 23.4 Å². The number of likely N-dealkylation sites (tertiary alicyclic amines) is 1. The molecule has 256 valence electrons. The third kappa shape index (κ3) is 6.58. The standard InChI is InChI=1S/C32H30F7N5O4/c33-25-6-3-5-23(31(34,35)36)22(25)15-43-19-42(17-26(40)21-4-1-2-7-27(21)44(45)46)16-24-28(43)18-47-30(24)10-12-41(13-11-30)14-20-8-9-29(48-20)32(37,38)39/h1-9,16,18,26H,10-15,17,19,40H2. The van der Waals surface area contributed by atoms with E-state index in [1.807, 2.05) is 4.90 Å². The second-order valence-corrected chi connectivity index (χ2v) is 12.0. The van der Waals surface area contributed by atoms with Crippen molar-refractivity contribution < 1.29 is 44.8 Å². The van der Waals surface area contributed by atoms with Gasteiger partial charge in [-0.3, -0.25) is 15.0 Å². The monoisotopic (exact) mass is 681 g/mol. The summed E-state index contributed by atoms with van der Waals surface area (Å²) in [6.45, 7) is 0.448. The second-order valence-electron chi connectivity index (χ2n) is 12.0. The molecule has 1 atom stereocenters. The molecule has 1 spiro atoms. The van der Waals surface area contributed by atoms with Gasteiger partial charge >= 0.3 is 12.4 Å². The zero-order chi connectivity index (χ0) is 34.4. The lowest BCUT2D eigenvalue weighted by Gasteiger charge is -2.44. The lowest BCUT2D eigenvalue weighted by Crippen LogP contribution is -2.49. The predicted molar refractivity (Wildman–Crippen MR) is 157 cm³/mol. The van der Waals surface area contributed by atoms with Crippen LogP contribution in [0.5, 0.6) is 0 Å². The van der Waals surface area contributed by atoms with Gasteiger partial charge in [0.2, 0.25) is 5.76 Å². The first-order valence-electron chi connectivity index (χ1n) is 15.0. The smallest absolute Gasteiger partial charge is 0.449 e. The fourth-order valence-electron chi connectivity index (χ4n) is 6.51. The molecule has 9 nitrogen and oxygen atoms in total. The molecule has 2 aromatic carbocycles. The highest BCUT2D eigenvalue weighted by Crippen LogP contribution is 2.47. The van der Waals surface area contributed by atoms with Crippen LogP contribution in [-0.4, -0.2) is 51.5 Å². The molecule has 48 heavy (non-hydrogen) atoms. The number of nitro groups is 1. The minimum atomic E-state index is -4.82. The maximum Gasteiger partial charge on any atom is 0.449 e. The number of hydrogen-bond acceptors (Lipinski definition) is 8. The van der Waals surface area contributed by atoms with Crippen molar-refractivity contribution >= 4 is 5.69 Å². The van der Waals surface area contributed by atoms with E-state index in [1.165, 1.54) is 30.5 Å². The van der Waals surface area contributed by atoms with E-state index >= 15 is 0 Å². The molecule has 1 aromatic heterocycles. The Kier molecular flexibility index (Phi) is 8.66. The van der Waals surface area contributed by atoms with Crippen LogP contribution in [0.15, 0.2) is 82.7 Å². The molecule has 16 heteroatoms. The number of hydrogen-bond donors (Lipinski definition) is 1. The molecule has 4 heterocycles. The minimum Gasteiger partial charge on any atom is -0.488 e. The number of nitrogens with zero attached hydrogens (tertiary/aromatic N) is 4. The Hall–Kier alpha value is -4.57. The first kappa shape index (κ1) is 33.3. The lowest BCUT2D eigenvalue weighted by molar-refractivity contribution is -0.385. The Morgan fingerprint density at radius 2 is 1.69 bits per heavy atom. The van der Waals surface area contributed by atoms with E-state index in [-0.39, 0.29) is 36.8 Å².